The fraction of sp³-hybridized carbons (Fsp3) is 0.263. The van der Waals surface area contributed by atoms with Gasteiger partial charge >= 0.3 is 5.69 Å². The van der Waals surface area contributed by atoms with Gasteiger partial charge in [0, 0.05) is 40.9 Å². The summed E-state index contributed by atoms with van der Waals surface area (Å²) in [5.74, 6) is 0. The van der Waals surface area contributed by atoms with Gasteiger partial charge in [0.2, 0.25) is 0 Å². The quantitative estimate of drug-likeness (QED) is 0.619. The Morgan fingerprint density at radius 2 is 1.75 bits per heavy atom. The van der Waals surface area contributed by atoms with E-state index in [1.165, 1.54) is 11.2 Å². The van der Waals surface area contributed by atoms with E-state index in [0.717, 1.165) is 27.7 Å². The summed E-state index contributed by atoms with van der Waals surface area (Å²) in [5.41, 5.74) is 2.67. The molecule has 0 fully saturated rings. The third-order valence-corrected chi connectivity index (χ3v) is 7.08. The Labute approximate surface area is 161 Å². The first-order chi connectivity index (χ1) is 13.3. The number of H-pyrrole nitrogens is 3. The van der Waals surface area contributed by atoms with Crippen molar-refractivity contribution in [2.75, 3.05) is 13.1 Å². The number of sulfonamides is 1. The van der Waals surface area contributed by atoms with Crippen molar-refractivity contribution in [3.63, 3.8) is 0 Å². The topological polar surface area (TPSA) is 119 Å². The Balaban J connectivity index is 1.70. The van der Waals surface area contributed by atoms with E-state index < -0.39 is 26.2 Å². The number of aromatic nitrogens is 3. The molecule has 0 spiro atoms. The number of aromatic amines is 3. The molecule has 146 valence electrons. The largest absolute Gasteiger partial charge is 0.358 e. The first kappa shape index (κ1) is 18.5. The zero-order valence-corrected chi connectivity index (χ0v) is 16.3. The van der Waals surface area contributed by atoms with Crippen LogP contribution in [0.4, 0.5) is 0 Å². The van der Waals surface area contributed by atoms with Crippen molar-refractivity contribution in [3.8, 4) is 0 Å². The van der Waals surface area contributed by atoms with Gasteiger partial charge in [0.25, 0.3) is 15.6 Å². The lowest BCUT2D eigenvalue weighted by Crippen LogP contribution is -2.39. The second-order valence-corrected chi connectivity index (χ2v) is 8.75. The number of aryl methyl sites for hydroxylation is 2. The summed E-state index contributed by atoms with van der Waals surface area (Å²) < 4.78 is 27.2. The van der Waals surface area contributed by atoms with Crippen LogP contribution in [-0.2, 0) is 10.0 Å². The zero-order valence-electron chi connectivity index (χ0n) is 15.5. The van der Waals surface area contributed by atoms with Crippen LogP contribution in [0.5, 0.6) is 0 Å². The Bertz CT molecular complexity index is 1330. The molecule has 0 aliphatic carbocycles. The molecule has 0 amide bonds. The molecule has 3 aromatic rings. The van der Waals surface area contributed by atoms with Gasteiger partial charge in [-0.2, -0.15) is 4.31 Å². The van der Waals surface area contributed by atoms with Crippen LogP contribution < -0.4 is 11.2 Å². The molecule has 0 saturated carbocycles. The second kappa shape index (κ2) is 6.61. The van der Waals surface area contributed by atoms with Crippen LogP contribution in [0.25, 0.3) is 16.5 Å². The number of nitrogens with zero attached hydrogens (tertiary/aromatic N) is 1. The summed E-state index contributed by atoms with van der Waals surface area (Å²) in [6.45, 7) is 3.83. The minimum Gasteiger partial charge on any atom is -0.358 e. The normalized spacial score (nSPS) is 15.7. The van der Waals surface area contributed by atoms with Gasteiger partial charge in [0.05, 0.1) is 0 Å². The van der Waals surface area contributed by atoms with Gasteiger partial charge in [0.15, 0.2) is 4.90 Å². The Morgan fingerprint density at radius 3 is 2.43 bits per heavy atom. The molecule has 0 bridgehead atoms. The summed E-state index contributed by atoms with van der Waals surface area (Å²) >= 11 is 0. The van der Waals surface area contributed by atoms with Crippen LogP contribution in [0.1, 0.15) is 23.4 Å². The number of nitrogens with one attached hydrogen (secondary N) is 3. The number of benzene rings is 1. The number of fused-ring (bicyclic) bond motifs is 1. The highest BCUT2D eigenvalue weighted by molar-refractivity contribution is 7.89. The molecule has 0 unspecified atom stereocenters. The first-order valence-electron chi connectivity index (χ1n) is 8.89. The van der Waals surface area contributed by atoms with Crippen molar-refractivity contribution < 1.29 is 8.42 Å². The number of hydrogen-bond acceptors (Lipinski definition) is 4. The lowest BCUT2D eigenvalue weighted by Gasteiger charge is -2.26. The molecular weight excluding hydrogens is 380 g/mol. The van der Waals surface area contributed by atoms with E-state index in [0.29, 0.717) is 6.42 Å². The summed E-state index contributed by atoms with van der Waals surface area (Å²) in [7, 11) is -4.02. The maximum atomic E-state index is 13.0. The van der Waals surface area contributed by atoms with Crippen LogP contribution in [0, 0.1) is 13.8 Å². The molecule has 3 heterocycles. The maximum absolute atomic E-state index is 13.0. The molecular formula is C19H20N4O4S. The third kappa shape index (κ3) is 2.92. The van der Waals surface area contributed by atoms with Gasteiger partial charge in [0.1, 0.15) is 0 Å². The molecule has 8 nitrogen and oxygen atoms in total. The molecule has 0 saturated heterocycles. The Kier molecular flexibility index (Phi) is 4.35. The SMILES string of the molecule is Cc1[nH]c(=O)[nH]c(=O)c1S(=O)(=O)N1CC=C(c2c(C)[nH]c3ccccc23)CC1. The van der Waals surface area contributed by atoms with E-state index in [9.17, 15) is 18.0 Å². The van der Waals surface area contributed by atoms with Crippen LogP contribution in [0.3, 0.4) is 0 Å². The second-order valence-electron chi connectivity index (χ2n) is 6.88. The van der Waals surface area contributed by atoms with Gasteiger partial charge in [-0.25, -0.2) is 13.2 Å². The molecule has 2 aromatic heterocycles. The summed E-state index contributed by atoms with van der Waals surface area (Å²) in [6.07, 6.45) is 2.42. The van der Waals surface area contributed by atoms with Crippen LogP contribution in [-0.4, -0.2) is 40.8 Å². The Morgan fingerprint density at radius 1 is 1.00 bits per heavy atom. The van der Waals surface area contributed by atoms with Crippen molar-refractivity contribution in [2.45, 2.75) is 25.2 Å². The van der Waals surface area contributed by atoms with E-state index in [4.69, 9.17) is 0 Å². The first-order valence-corrected chi connectivity index (χ1v) is 10.3. The minimum atomic E-state index is -4.02. The maximum Gasteiger partial charge on any atom is 0.325 e. The van der Waals surface area contributed by atoms with Crippen LogP contribution >= 0.6 is 0 Å². The molecule has 1 aliphatic rings. The highest BCUT2D eigenvalue weighted by atomic mass is 32.2. The molecule has 4 rings (SSSR count). The molecule has 1 aliphatic heterocycles. The van der Waals surface area contributed by atoms with Crippen molar-refractivity contribution >= 4 is 26.5 Å². The van der Waals surface area contributed by atoms with E-state index in [2.05, 4.69) is 9.97 Å². The smallest absolute Gasteiger partial charge is 0.325 e. The van der Waals surface area contributed by atoms with E-state index in [1.807, 2.05) is 42.2 Å². The fourth-order valence-corrected chi connectivity index (χ4v) is 5.40. The predicted octanol–water partition coefficient (Wildman–Crippen LogP) is 1.64. The minimum absolute atomic E-state index is 0.0380. The van der Waals surface area contributed by atoms with Crippen LogP contribution in [0.15, 0.2) is 44.8 Å². The number of hydrogen-bond donors (Lipinski definition) is 3. The van der Waals surface area contributed by atoms with E-state index in [1.54, 1.807) is 0 Å². The summed E-state index contributed by atoms with van der Waals surface area (Å²) in [5, 5.41) is 1.11. The standard InChI is InChI=1S/C19H20N4O4S/c1-11-16(14-5-3-4-6-15(14)20-11)13-7-9-23(10-8-13)28(26,27)17-12(2)21-19(25)22-18(17)24/h3-7,20H,8-10H2,1-2H3,(H2,21,22,24,25). The van der Waals surface area contributed by atoms with Crippen molar-refractivity contribution in [2.24, 2.45) is 0 Å². The van der Waals surface area contributed by atoms with E-state index in [-0.39, 0.29) is 18.8 Å². The van der Waals surface area contributed by atoms with Gasteiger partial charge in [-0.3, -0.25) is 9.78 Å². The molecule has 9 heteroatoms. The van der Waals surface area contributed by atoms with Gasteiger partial charge in [-0.05, 0) is 31.9 Å². The number of para-hydroxylation sites is 1. The lowest BCUT2D eigenvalue weighted by atomic mass is 9.97. The molecule has 0 radical (unpaired) electrons. The fourth-order valence-electron chi connectivity index (χ4n) is 3.81. The molecule has 3 N–H and O–H groups in total. The third-order valence-electron chi connectivity index (χ3n) is 5.06. The van der Waals surface area contributed by atoms with Crippen molar-refractivity contribution in [3.05, 3.63) is 68.1 Å². The van der Waals surface area contributed by atoms with Gasteiger partial charge in [-0.1, -0.05) is 24.3 Å². The zero-order chi connectivity index (χ0) is 20.1. The molecule has 1 aromatic carbocycles. The van der Waals surface area contributed by atoms with Gasteiger partial charge < -0.3 is 9.97 Å². The number of rotatable bonds is 3. The van der Waals surface area contributed by atoms with Crippen molar-refractivity contribution in [1.29, 1.82) is 0 Å². The summed E-state index contributed by atoms with van der Waals surface area (Å²) in [4.78, 5) is 30.7. The predicted molar refractivity (Wildman–Crippen MR) is 107 cm³/mol. The molecule has 0 atom stereocenters. The Hall–Kier alpha value is -2.91. The highest BCUT2D eigenvalue weighted by Crippen LogP contribution is 2.33. The van der Waals surface area contributed by atoms with Crippen LogP contribution in [0.2, 0.25) is 0 Å². The molecule has 28 heavy (non-hydrogen) atoms. The summed E-state index contributed by atoms with van der Waals surface area (Å²) in [6, 6.07) is 8.00. The monoisotopic (exact) mass is 400 g/mol. The average Bonchev–Trinajstić information content (AvgIpc) is 2.96. The lowest BCUT2D eigenvalue weighted by molar-refractivity contribution is 0.439. The highest BCUT2D eigenvalue weighted by Gasteiger charge is 2.31. The van der Waals surface area contributed by atoms with Gasteiger partial charge in [-0.15, -0.1) is 0 Å². The average molecular weight is 400 g/mol. The van der Waals surface area contributed by atoms with E-state index >= 15 is 0 Å². The van der Waals surface area contributed by atoms with Crippen molar-refractivity contribution in [1.82, 2.24) is 19.3 Å².